The van der Waals surface area contributed by atoms with Gasteiger partial charge in [0, 0.05) is 88.2 Å². The number of primary amides is 1. The molecule has 4 fully saturated rings. The highest BCUT2D eigenvalue weighted by Crippen LogP contribution is 2.35. The summed E-state index contributed by atoms with van der Waals surface area (Å²) in [5, 5.41) is 6.89. The molecule has 1 saturated carbocycles. The minimum atomic E-state index is -0.682. The molecule has 0 spiro atoms. The standard InChI is InChI=1S/C35H47N9O3/c1-23-22-25(5-8-28(23)44-14-9-27(10-15-44)43-18-16-42(17-19-43)26-6-7-26)39-35-32(33(36)45)40-31(30-29(46-2)4-3-13-37-30)34(41-35)38-24-11-20-47-21-12-24/h3-5,8,13,22,24,26-27H,6-7,9-12,14-21H2,1-2H3,(H2,36,45)(H2,38,39,41). The zero-order valence-corrected chi connectivity index (χ0v) is 27.6. The number of nitrogens with one attached hydrogen (secondary N) is 2. The molecule has 3 aromatic rings. The Morgan fingerprint density at radius 2 is 1.60 bits per heavy atom. The van der Waals surface area contributed by atoms with Gasteiger partial charge in [0.1, 0.15) is 17.1 Å². The van der Waals surface area contributed by atoms with Crippen molar-refractivity contribution in [2.75, 3.05) is 75.1 Å². The van der Waals surface area contributed by atoms with E-state index in [1.54, 1.807) is 25.4 Å². The zero-order valence-electron chi connectivity index (χ0n) is 27.6. The van der Waals surface area contributed by atoms with Crippen molar-refractivity contribution in [3.63, 3.8) is 0 Å². The summed E-state index contributed by atoms with van der Waals surface area (Å²) in [6.45, 7) is 10.5. The largest absolute Gasteiger partial charge is 0.494 e. The molecule has 250 valence electrons. The molecule has 12 nitrogen and oxygen atoms in total. The maximum atomic E-state index is 12.7. The van der Waals surface area contributed by atoms with Crippen molar-refractivity contribution in [1.29, 1.82) is 0 Å². The molecule has 4 N–H and O–H groups in total. The summed E-state index contributed by atoms with van der Waals surface area (Å²) >= 11 is 0. The first kappa shape index (κ1) is 31.6. The van der Waals surface area contributed by atoms with E-state index in [4.69, 9.17) is 25.2 Å². The lowest BCUT2D eigenvalue weighted by Crippen LogP contribution is -2.53. The fraction of sp³-hybridized carbons (Fsp3) is 0.543. The topological polar surface area (TPSA) is 134 Å². The van der Waals surface area contributed by atoms with Crippen LogP contribution < -0.4 is 26.0 Å². The molecule has 7 rings (SSSR count). The molecule has 3 saturated heterocycles. The molecular formula is C35H47N9O3. The van der Waals surface area contributed by atoms with E-state index >= 15 is 0 Å². The van der Waals surface area contributed by atoms with Crippen LogP contribution in [-0.4, -0.2) is 108 Å². The third-order valence-electron chi connectivity index (χ3n) is 10.1. The number of piperidine rings is 1. The predicted molar refractivity (Wildman–Crippen MR) is 184 cm³/mol. The molecule has 0 radical (unpaired) electrons. The fourth-order valence-corrected chi connectivity index (χ4v) is 7.33. The quantitative estimate of drug-likeness (QED) is 0.296. The summed E-state index contributed by atoms with van der Waals surface area (Å²) in [4.78, 5) is 34.8. The third-order valence-corrected chi connectivity index (χ3v) is 10.1. The first-order valence-electron chi connectivity index (χ1n) is 17.1. The molecule has 0 atom stereocenters. The highest BCUT2D eigenvalue weighted by atomic mass is 16.5. The van der Waals surface area contributed by atoms with E-state index in [1.807, 2.05) is 6.07 Å². The van der Waals surface area contributed by atoms with Crippen molar-refractivity contribution < 1.29 is 14.3 Å². The van der Waals surface area contributed by atoms with Gasteiger partial charge in [0.25, 0.3) is 5.91 Å². The maximum Gasteiger partial charge on any atom is 0.271 e. The van der Waals surface area contributed by atoms with E-state index in [0.717, 1.165) is 43.2 Å². The average Bonchev–Trinajstić information content (AvgIpc) is 3.95. The number of carbonyl (C=O) groups excluding carboxylic acids is 1. The molecular weight excluding hydrogens is 594 g/mol. The normalized spacial score (nSPS) is 20.3. The van der Waals surface area contributed by atoms with Crippen molar-refractivity contribution in [2.45, 2.75) is 63.6 Å². The van der Waals surface area contributed by atoms with E-state index < -0.39 is 5.91 Å². The van der Waals surface area contributed by atoms with E-state index in [-0.39, 0.29) is 11.7 Å². The van der Waals surface area contributed by atoms with Gasteiger partial charge in [-0.25, -0.2) is 9.97 Å². The number of methoxy groups -OCH3 is 1. The van der Waals surface area contributed by atoms with Gasteiger partial charge >= 0.3 is 0 Å². The van der Waals surface area contributed by atoms with Crippen LogP contribution >= 0.6 is 0 Å². The van der Waals surface area contributed by atoms with E-state index in [2.05, 4.69) is 49.4 Å². The van der Waals surface area contributed by atoms with Gasteiger partial charge in [-0.15, -0.1) is 0 Å². The van der Waals surface area contributed by atoms with Crippen LogP contribution in [0, 0.1) is 6.92 Å². The molecule has 0 bridgehead atoms. The van der Waals surface area contributed by atoms with Gasteiger partial charge in [-0.05, 0) is 81.3 Å². The second-order valence-electron chi connectivity index (χ2n) is 13.2. The first-order chi connectivity index (χ1) is 23.0. The Balaban J connectivity index is 1.08. The van der Waals surface area contributed by atoms with Crippen LogP contribution in [0.15, 0.2) is 36.5 Å². The van der Waals surface area contributed by atoms with Crippen LogP contribution in [0.5, 0.6) is 5.75 Å². The molecule has 1 aliphatic carbocycles. The summed E-state index contributed by atoms with van der Waals surface area (Å²) in [7, 11) is 1.58. The molecule has 3 aliphatic heterocycles. The number of ether oxygens (including phenoxy) is 2. The van der Waals surface area contributed by atoms with Gasteiger partial charge in [-0.2, -0.15) is 0 Å². The van der Waals surface area contributed by atoms with Crippen LogP contribution in [0.25, 0.3) is 11.4 Å². The number of amides is 1. The molecule has 12 heteroatoms. The number of hydrogen-bond donors (Lipinski definition) is 3. The van der Waals surface area contributed by atoms with E-state index in [9.17, 15) is 4.79 Å². The van der Waals surface area contributed by atoms with Crippen LogP contribution in [0.4, 0.5) is 23.0 Å². The smallest absolute Gasteiger partial charge is 0.271 e. The van der Waals surface area contributed by atoms with Crippen LogP contribution in [-0.2, 0) is 4.74 Å². The summed E-state index contributed by atoms with van der Waals surface area (Å²) < 4.78 is 11.1. The Bertz CT molecular complexity index is 1560. The second kappa shape index (κ2) is 14.0. The van der Waals surface area contributed by atoms with Crippen molar-refractivity contribution in [1.82, 2.24) is 24.8 Å². The van der Waals surface area contributed by atoms with Crippen molar-refractivity contribution >= 4 is 28.9 Å². The van der Waals surface area contributed by atoms with Gasteiger partial charge in [-0.1, -0.05) is 0 Å². The third kappa shape index (κ3) is 7.14. The lowest BCUT2D eigenvalue weighted by molar-refractivity contribution is 0.0809. The predicted octanol–water partition coefficient (Wildman–Crippen LogP) is 4.04. The lowest BCUT2D eigenvalue weighted by atomic mass is 10.0. The first-order valence-corrected chi connectivity index (χ1v) is 17.1. The molecule has 2 aromatic heterocycles. The van der Waals surface area contributed by atoms with Crippen LogP contribution in [0.2, 0.25) is 0 Å². The van der Waals surface area contributed by atoms with Crippen molar-refractivity contribution in [3.8, 4) is 17.1 Å². The Hall–Kier alpha value is -4.00. The molecule has 47 heavy (non-hydrogen) atoms. The Kier molecular flexibility index (Phi) is 9.41. The van der Waals surface area contributed by atoms with E-state index in [1.165, 1.54) is 57.5 Å². The van der Waals surface area contributed by atoms with Crippen LogP contribution in [0.3, 0.4) is 0 Å². The highest BCUT2D eigenvalue weighted by molar-refractivity contribution is 5.97. The number of rotatable bonds is 10. The summed E-state index contributed by atoms with van der Waals surface area (Å²) in [5.41, 5.74) is 10.0. The van der Waals surface area contributed by atoms with Gasteiger partial charge in [-0.3, -0.25) is 19.6 Å². The summed E-state index contributed by atoms with van der Waals surface area (Å²) in [5.74, 6) is 0.644. The number of nitrogens with two attached hydrogens (primary N) is 1. The molecule has 4 aliphatic rings. The summed E-state index contributed by atoms with van der Waals surface area (Å²) in [6.07, 6.45) is 8.50. The van der Waals surface area contributed by atoms with Gasteiger partial charge in [0.05, 0.1) is 7.11 Å². The lowest BCUT2D eigenvalue weighted by Gasteiger charge is -2.43. The van der Waals surface area contributed by atoms with Crippen molar-refractivity contribution in [3.05, 3.63) is 47.8 Å². The second-order valence-corrected chi connectivity index (χ2v) is 13.2. The Morgan fingerprint density at radius 1 is 0.894 bits per heavy atom. The Morgan fingerprint density at radius 3 is 2.23 bits per heavy atom. The maximum absolute atomic E-state index is 12.7. The number of pyridine rings is 1. The SMILES string of the molecule is COc1cccnc1-c1nc(C(N)=O)c(Nc2ccc(N3CCC(N4CCN(C5CC5)CC4)CC3)c(C)c2)nc1NC1CCOCC1. The summed E-state index contributed by atoms with van der Waals surface area (Å²) in [6, 6.07) is 11.6. The number of carbonyl (C=O) groups is 1. The average molecular weight is 642 g/mol. The van der Waals surface area contributed by atoms with Gasteiger partial charge in [0.2, 0.25) is 0 Å². The minimum absolute atomic E-state index is 0.0343. The molecule has 1 amide bonds. The Labute approximate surface area is 277 Å². The van der Waals surface area contributed by atoms with Crippen LogP contribution in [0.1, 0.15) is 54.6 Å². The van der Waals surface area contributed by atoms with Crippen molar-refractivity contribution in [2.24, 2.45) is 5.73 Å². The highest BCUT2D eigenvalue weighted by Gasteiger charge is 2.34. The fourth-order valence-electron chi connectivity index (χ4n) is 7.33. The molecule has 0 unspecified atom stereocenters. The number of aromatic nitrogens is 3. The van der Waals surface area contributed by atoms with Gasteiger partial charge in [0.15, 0.2) is 17.3 Å². The van der Waals surface area contributed by atoms with Gasteiger partial charge < -0.3 is 30.7 Å². The number of piperazine rings is 1. The number of nitrogens with zero attached hydrogens (tertiary/aromatic N) is 6. The number of hydrogen-bond acceptors (Lipinski definition) is 11. The molecule has 5 heterocycles. The monoisotopic (exact) mass is 641 g/mol. The minimum Gasteiger partial charge on any atom is -0.494 e. The number of aryl methyl sites for hydroxylation is 1. The van der Waals surface area contributed by atoms with E-state index in [0.29, 0.717) is 48.0 Å². The molecule has 1 aromatic carbocycles. The number of anilines is 4. The number of benzene rings is 1. The zero-order chi connectivity index (χ0) is 32.3.